The maximum absolute atomic E-state index is 13.1. The standard InChI is InChI=1S/C32H36N6O5S/c1-21-19-37(20-22(2)43-21)31-6-4-5-27(36-31)28-10-9-25-17-33-26(16-29(25)35-28)18-34-32(39)24-8-7-23-11-12-38(30(23)15-24)44(40,41)14-13-42-3/h4-10,15-17,21-22H,11-14,18-20H2,1-3H3,(H,34,39)/t21-,22+. The zero-order valence-electron chi connectivity index (χ0n) is 25.1. The number of nitrogens with zero attached hydrogens (tertiary/aromatic N) is 5. The lowest BCUT2D eigenvalue weighted by Gasteiger charge is -2.36. The Morgan fingerprint density at radius 3 is 2.64 bits per heavy atom. The molecule has 12 heteroatoms. The van der Waals surface area contributed by atoms with Gasteiger partial charge in [0.15, 0.2) is 0 Å². The summed E-state index contributed by atoms with van der Waals surface area (Å²) in [5.41, 5.74) is 4.75. The first-order valence-corrected chi connectivity index (χ1v) is 16.3. The monoisotopic (exact) mass is 616 g/mol. The molecule has 0 saturated carbocycles. The molecule has 0 bridgehead atoms. The van der Waals surface area contributed by atoms with Crippen LogP contribution in [-0.2, 0) is 32.5 Å². The lowest BCUT2D eigenvalue weighted by atomic mass is 10.1. The summed E-state index contributed by atoms with van der Waals surface area (Å²) in [5.74, 6) is 0.466. The molecule has 1 amide bonds. The first kappa shape index (κ1) is 29.9. The Hall–Kier alpha value is -4.13. The molecule has 2 aliphatic rings. The number of aromatic nitrogens is 3. The quantitative estimate of drug-likeness (QED) is 0.300. The smallest absolute Gasteiger partial charge is 0.251 e. The van der Waals surface area contributed by atoms with Gasteiger partial charge in [0, 0.05) is 43.9 Å². The van der Waals surface area contributed by atoms with E-state index < -0.39 is 10.0 Å². The molecule has 6 rings (SSSR count). The molecule has 0 unspecified atom stereocenters. The average molecular weight is 617 g/mol. The number of carbonyl (C=O) groups is 1. The number of benzene rings is 1. The van der Waals surface area contributed by atoms with Crippen LogP contribution in [0.3, 0.4) is 0 Å². The van der Waals surface area contributed by atoms with Crippen LogP contribution in [0.2, 0.25) is 0 Å². The third-order valence-electron chi connectivity index (χ3n) is 7.88. The van der Waals surface area contributed by atoms with Crippen LogP contribution in [0.5, 0.6) is 0 Å². The Morgan fingerprint density at radius 2 is 1.84 bits per heavy atom. The van der Waals surface area contributed by atoms with Gasteiger partial charge in [0.2, 0.25) is 10.0 Å². The number of pyridine rings is 3. The van der Waals surface area contributed by atoms with Crippen molar-refractivity contribution in [3.8, 4) is 11.4 Å². The number of carbonyl (C=O) groups excluding carboxylic acids is 1. The number of rotatable bonds is 9. The lowest BCUT2D eigenvalue weighted by Crippen LogP contribution is -2.45. The van der Waals surface area contributed by atoms with Gasteiger partial charge in [0.1, 0.15) is 5.82 Å². The van der Waals surface area contributed by atoms with E-state index in [0.29, 0.717) is 29.9 Å². The molecule has 5 heterocycles. The topological polar surface area (TPSA) is 127 Å². The van der Waals surface area contributed by atoms with Crippen LogP contribution >= 0.6 is 0 Å². The van der Waals surface area contributed by atoms with Crippen LogP contribution in [0, 0.1) is 0 Å². The first-order valence-electron chi connectivity index (χ1n) is 14.7. The minimum atomic E-state index is -3.54. The highest BCUT2D eigenvalue weighted by Crippen LogP contribution is 2.32. The van der Waals surface area contributed by atoms with Gasteiger partial charge in [0.05, 0.1) is 59.4 Å². The molecule has 0 aliphatic carbocycles. The molecule has 0 spiro atoms. The third kappa shape index (κ3) is 6.37. The predicted octanol–water partition coefficient (Wildman–Crippen LogP) is 3.57. The van der Waals surface area contributed by atoms with Crippen molar-refractivity contribution in [2.45, 2.75) is 39.0 Å². The SMILES string of the molecule is COCCS(=O)(=O)N1CCc2ccc(C(=O)NCc3cc4nc(-c5cccc(N6C[C@@H](C)O[C@@H](C)C6)n5)ccc4cn3)cc21. The van der Waals surface area contributed by atoms with Crippen molar-refractivity contribution in [3.05, 3.63) is 77.6 Å². The Labute approximate surface area is 257 Å². The number of nitrogens with one attached hydrogen (secondary N) is 1. The molecule has 2 atom stereocenters. The molecule has 44 heavy (non-hydrogen) atoms. The van der Waals surface area contributed by atoms with Crippen LogP contribution in [0.15, 0.2) is 60.8 Å². The summed E-state index contributed by atoms with van der Waals surface area (Å²) < 4.78 is 37.8. The van der Waals surface area contributed by atoms with E-state index in [1.165, 1.54) is 11.4 Å². The molecule has 2 aliphatic heterocycles. The van der Waals surface area contributed by atoms with E-state index in [-0.39, 0.29) is 37.0 Å². The lowest BCUT2D eigenvalue weighted by molar-refractivity contribution is -0.00545. The van der Waals surface area contributed by atoms with Gasteiger partial charge in [-0.2, -0.15) is 0 Å². The number of hydrogen-bond acceptors (Lipinski definition) is 9. The Balaban J connectivity index is 1.16. The maximum atomic E-state index is 13.1. The summed E-state index contributed by atoms with van der Waals surface area (Å²) in [4.78, 5) is 29.6. The molecular formula is C32H36N6O5S. The van der Waals surface area contributed by atoms with Gasteiger partial charge in [-0.25, -0.2) is 18.4 Å². The molecule has 4 aromatic rings. The van der Waals surface area contributed by atoms with Crippen LogP contribution in [-0.4, -0.2) is 80.6 Å². The molecule has 11 nitrogen and oxygen atoms in total. The van der Waals surface area contributed by atoms with Crippen molar-refractivity contribution in [2.24, 2.45) is 0 Å². The zero-order valence-corrected chi connectivity index (χ0v) is 25.9. The van der Waals surface area contributed by atoms with Crippen LogP contribution < -0.4 is 14.5 Å². The number of morpholine rings is 1. The molecule has 230 valence electrons. The van der Waals surface area contributed by atoms with E-state index in [9.17, 15) is 13.2 Å². The number of amides is 1. The molecule has 1 saturated heterocycles. The Bertz CT molecular complexity index is 1790. The maximum Gasteiger partial charge on any atom is 0.251 e. The fraction of sp³-hybridized carbons (Fsp3) is 0.375. The van der Waals surface area contributed by atoms with Gasteiger partial charge in [-0.3, -0.25) is 14.1 Å². The van der Waals surface area contributed by atoms with Gasteiger partial charge < -0.3 is 19.7 Å². The van der Waals surface area contributed by atoms with E-state index >= 15 is 0 Å². The summed E-state index contributed by atoms with van der Waals surface area (Å²) in [5, 5.41) is 3.79. The van der Waals surface area contributed by atoms with E-state index in [2.05, 4.69) is 29.0 Å². The highest BCUT2D eigenvalue weighted by atomic mass is 32.2. The van der Waals surface area contributed by atoms with Crippen LogP contribution in [0.1, 0.15) is 35.5 Å². The van der Waals surface area contributed by atoms with Crippen LogP contribution in [0.25, 0.3) is 22.3 Å². The number of hydrogen-bond donors (Lipinski definition) is 1. The number of anilines is 2. The van der Waals surface area contributed by atoms with Gasteiger partial charge in [-0.15, -0.1) is 0 Å². The Morgan fingerprint density at radius 1 is 1.05 bits per heavy atom. The van der Waals surface area contributed by atoms with Gasteiger partial charge in [0.25, 0.3) is 5.91 Å². The minimum Gasteiger partial charge on any atom is -0.384 e. The largest absolute Gasteiger partial charge is 0.384 e. The number of fused-ring (bicyclic) bond motifs is 2. The second kappa shape index (κ2) is 12.5. The fourth-order valence-electron chi connectivity index (χ4n) is 5.76. The van der Waals surface area contributed by atoms with Crippen molar-refractivity contribution in [3.63, 3.8) is 0 Å². The number of ether oxygens (including phenoxy) is 2. The highest BCUT2D eigenvalue weighted by molar-refractivity contribution is 7.92. The van der Waals surface area contributed by atoms with Crippen molar-refractivity contribution in [1.29, 1.82) is 0 Å². The Kier molecular flexibility index (Phi) is 8.48. The van der Waals surface area contributed by atoms with Gasteiger partial charge in [-0.1, -0.05) is 12.1 Å². The molecular weight excluding hydrogens is 580 g/mol. The molecule has 1 N–H and O–H groups in total. The zero-order chi connectivity index (χ0) is 30.8. The summed E-state index contributed by atoms with van der Waals surface area (Å²) in [7, 11) is -2.07. The average Bonchev–Trinajstić information content (AvgIpc) is 3.46. The summed E-state index contributed by atoms with van der Waals surface area (Å²) in [6.07, 6.45) is 2.61. The number of methoxy groups -OCH3 is 1. The second-order valence-corrected chi connectivity index (χ2v) is 13.3. The van der Waals surface area contributed by atoms with Crippen molar-refractivity contribution in [2.75, 3.05) is 48.3 Å². The highest BCUT2D eigenvalue weighted by Gasteiger charge is 2.30. The van der Waals surface area contributed by atoms with Crippen molar-refractivity contribution >= 4 is 38.3 Å². The van der Waals surface area contributed by atoms with E-state index in [1.54, 1.807) is 18.3 Å². The van der Waals surface area contributed by atoms with Gasteiger partial charge in [-0.05, 0) is 68.3 Å². The van der Waals surface area contributed by atoms with Crippen molar-refractivity contribution < 1.29 is 22.7 Å². The predicted molar refractivity (Wildman–Crippen MR) is 169 cm³/mol. The summed E-state index contributed by atoms with van der Waals surface area (Å²) in [6.45, 7) is 6.36. The molecule has 1 fully saturated rings. The first-order chi connectivity index (χ1) is 21.2. The van der Waals surface area contributed by atoms with E-state index in [4.69, 9.17) is 19.4 Å². The van der Waals surface area contributed by atoms with E-state index in [0.717, 1.165) is 46.8 Å². The van der Waals surface area contributed by atoms with Crippen molar-refractivity contribution in [1.82, 2.24) is 20.3 Å². The second-order valence-electron chi connectivity index (χ2n) is 11.3. The summed E-state index contributed by atoms with van der Waals surface area (Å²) >= 11 is 0. The third-order valence-corrected chi connectivity index (χ3v) is 9.62. The minimum absolute atomic E-state index is 0.111. The molecule has 3 aromatic heterocycles. The summed E-state index contributed by atoms with van der Waals surface area (Å²) in [6, 6.07) is 16.9. The van der Waals surface area contributed by atoms with Crippen LogP contribution in [0.4, 0.5) is 11.5 Å². The van der Waals surface area contributed by atoms with Gasteiger partial charge >= 0.3 is 0 Å². The molecule has 1 aromatic carbocycles. The molecule has 0 radical (unpaired) electrons. The fourth-order valence-corrected chi connectivity index (χ4v) is 7.19. The number of sulfonamides is 1. The normalized spacial score (nSPS) is 18.4. The van der Waals surface area contributed by atoms with E-state index in [1.807, 2.05) is 42.5 Å².